The molecule has 1 amide bonds. The fraction of sp³-hybridized carbons (Fsp3) is 0.733. The first-order chi connectivity index (χ1) is 9.31. The Kier molecular flexibility index (Phi) is 6.05. The average molecular weight is 283 g/mol. The van der Waals surface area contributed by atoms with Crippen LogP contribution in [0.3, 0.4) is 0 Å². The lowest BCUT2D eigenvalue weighted by molar-refractivity contribution is -0.134. The van der Waals surface area contributed by atoms with Crippen molar-refractivity contribution in [2.45, 2.75) is 45.6 Å². The van der Waals surface area contributed by atoms with Gasteiger partial charge in [0, 0.05) is 19.2 Å². The zero-order valence-corrected chi connectivity index (χ0v) is 12.8. The lowest BCUT2D eigenvalue weighted by Gasteiger charge is -2.33. The van der Waals surface area contributed by atoms with E-state index in [9.17, 15) is 9.59 Å². The number of carbonyl (C=O) groups excluding carboxylic acids is 2. The minimum atomic E-state index is -0.447. The number of nitrogens with zero attached hydrogens (tertiary/aromatic N) is 1. The molecule has 114 valence electrons. The zero-order valence-electron chi connectivity index (χ0n) is 12.8. The average Bonchev–Trinajstić information content (AvgIpc) is 2.37. The van der Waals surface area contributed by atoms with Crippen molar-refractivity contribution in [2.75, 3.05) is 20.2 Å². The maximum Gasteiger partial charge on any atom is 0.410 e. The van der Waals surface area contributed by atoms with Crippen LogP contribution in [-0.2, 0) is 14.3 Å². The molecule has 1 aliphatic rings. The van der Waals surface area contributed by atoms with Crippen LogP contribution in [0.5, 0.6) is 0 Å². The van der Waals surface area contributed by atoms with Gasteiger partial charge in [-0.25, -0.2) is 9.59 Å². The number of amides is 1. The van der Waals surface area contributed by atoms with Gasteiger partial charge in [0.1, 0.15) is 5.60 Å². The van der Waals surface area contributed by atoms with Crippen LogP contribution in [0.25, 0.3) is 0 Å². The summed E-state index contributed by atoms with van der Waals surface area (Å²) in [6.45, 7) is 7.04. The van der Waals surface area contributed by atoms with E-state index in [1.165, 1.54) is 13.2 Å². The van der Waals surface area contributed by atoms with Gasteiger partial charge in [-0.1, -0.05) is 6.08 Å². The van der Waals surface area contributed by atoms with Crippen LogP contribution in [0.15, 0.2) is 12.2 Å². The van der Waals surface area contributed by atoms with E-state index < -0.39 is 5.60 Å². The molecule has 1 saturated heterocycles. The van der Waals surface area contributed by atoms with Crippen LogP contribution in [0, 0.1) is 5.92 Å². The Hall–Kier alpha value is -1.52. The molecule has 0 spiro atoms. The van der Waals surface area contributed by atoms with Gasteiger partial charge in [0.05, 0.1) is 7.11 Å². The third-order valence-corrected chi connectivity index (χ3v) is 3.19. The van der Waals surface area contributed by atoms with Gasteiger partial charge in [-0.05, 0) is 46.0 Å². The van der Waals surface area contributed by atoms with Crippen molar-refractivity contribution in [2.24, 2.45) is 5.92 Å². The number of piperidine rings is 1. The first kappa shape index (κ1) is 16.5. The summed E-state index contributed by atoms with van der Waals surface area (Å²) in [5.41, 5.74) is -0.447. The summed E-state index contributed by atoms with van der Waals surface area (Å²) in [7, 11) is 1.37. The molecule has 1 heterocycles. The van der Waals surface area contributed by atoms with Crippen molar-refractivity contribution in [3.63, 3.8) is 0 Å². The molecule has 0 N–H and O–H groups in total. The van der Waals surface area contributed by atoms with E-state index >= 15 is 0 Å². The summed E-state index contributed by atoms with van der Waals surface area (Å²) in [5.74, 6) is 0.186. The number of allylic oxidation sites excluding steroid dienone is 1. The number of hydrogen-bond donors (Lipinski definition) is 0. The molecule has 0 aliphatic carbocycles. The van der Waals surface area contributed by atoms with Crippen LogP contribution in [0.2, 0.25) is 0 Å². The molecule has 1 rings (SSSR count). The van der Waals surface area contributed by atoms with E-state index in [-0.39, 0.29) is 12.1 Å². The minimum Gasteiger partial charge on any atom is -0.466 e. The van der Waals surface area contributed by atoms with Gasteiger partial charge >= 0.3 is 12.1 Å². The molecular weight excluding hydrogens is 258 g/mol. The van der Waals surface area contributed by atoms with Gasteiger partial charge < -0.3 is 14.4 Å². The summed E-state index contributed by atoms with van der Waals surface area (Å²) in [4.78, 5) is 24.6. The Morgan fingerprint density at radius 3 is 2.35 bits per heavy atom. The molecule has 0 atom stereocenters. The van der Waals surface area contributed by atoms with Crippen molar-refractivity contribution in [1.29, 1.82) is 0 Å². The number of hydrogen-bond acceptors (Lipinski definition) is 4. The SMILES string of the molecule is COC(=O)/C=C/CC1CCN(C(=O)OC(C)(C)C)CC1. The van der Waals surface area contributed by atoms with E-state index in [1.54, 1.807) is 4.90 Å². The van der Waals surface area contributed by atoms with Crippen LogP contribution in [0.1, 0.15) is 40.0 Å². The Labute approximate surface area is 120 Å². The highest BCUT2D eigenvalue weighted by atomic mass is 16.6. The highest BCUT2D eigenvalue weighted by molar-refractivity contribution is 5.81. The molecule has 0 aromatic heterocycles. The number of methoxy groups -OCH3 is 1. The van der Waals surface area contributed by atoms with E-state index in [2.05, 4.69) is 4.74 Å². The summed E-state index contributed by atoms with van der Waals surface area (Å²) < 4.78 is 9.89. The quantitative estimate of drug-likeness (QED) is 0.590. The van der Waals surface area contributed by atoms with E-state index in [1.807, 2.05) is 26.8 Å². The van der Waals surface area contributed by atoms with Gasteiger partial charge in [-0.3, -0.25) is 0 Å². The predicted octanol–water partition coefficient (Wildman–Crippen LogP) is 2.75. The third kappa shape index (κ3) is 6.08. The molecule has 5 heteroatoms. The van der Waals surface area contributed by atoms with E-state index in [0.717, 1.165) is 19.3 Å². The largest absolute Gasteiger partial charge is 0.466 e. The second-order valence-corrected chi connectivity index (χ2v) is 6.07. The molecule has 1 fully saturated rings. The third-order valence-electron chi connectivity index (χ3n) is 3.19. The summed E-state index contributed by atoms with van der Waals surface area (Å²) in [6.07, 6.45) is 5.79. The molecule has 0 radical (unpaired) electrons. The predicted molar refractivity (Wildman–Crippen MR) is 76.3 cm³/mol. The fourth-order valence-corrected chi connectivity index (χ4v) is 2.10. The highest BCUT2D eigenvalue weighted by Gasteiger charge is 2.26. The second kappa shape index (κ2) is 7.31. The van der Waals surface area contributed by atoms with Crippen molar-refractivity contribution >= 4 is 12.1 Å². The molecule has 20 heavy (non-hydrogen) atoms. The number of ether oxygens (including phenoxy) is 2. The van der Waals surface area contributed by atoms with E-state index in [4.69, 9.17) is 4.74 Å². The van der Waals surface area contributed by atoms with Gasteiger partial charge in [-0.15, -0.1) is 0 Å². The monoisotopic (exact) mass is 283 g/mol. The first-order valence-electron chi connectivity index (χ1n) is 7.04. The topological polar surface area (TPSA) is 55.8 Å². The number of carbonyl (C=O) groups is 2. The normalized spacial score (nSPS) is 17.3. The molecular formula is C15H25NO4. The van der Waals surface area contributed by atoms with Crippen molar-refractivity contribution in [3.8, 4) is 0 Å². The molecule has 0 aromatic carbocycles. The Morgan fingerprint density at radius 2 is 1.85 bits per heavy atom. The molecule has 0 unspecified atom stereocenters. The molecule has 0 saturated carbocycles. The summed E-state index contributed by atoms with van der Waals surface area (Å²) in [6, 6.07) is 0. The second-order valence-electron chi connectivity index (χ2n) is 6.07. The molecule has 0 bridgehead atoms. The highest BCUT2D eigenvalue weighted by Crippen LogP contribution is 2.22. The minimum absolute atomic E-state index is 0.235. The van der Waals surface area contributed by atoms with Crippen LogP contribution in [0.4, 0.5) is 4.79 Å². The Bertz CT molecular complexity index is 363. The zero-order chi connectivity index (χ0) is 15.2. The maximum atomic E-state index is 11.9. The fourth-order valence-electron chi connectivity index (χ4n) is 2.10. The lowest BCUT2D eigenvalue weighted by Crippen LogP contribution is -2.41. The van der Waals surface area contributed by atoms with Crippen molar-refractivity contribution in [1.82, 2.24) is 4.90 Å². The lowest BCUT2D eigenvalue weighted by atomic mass is 9.93. The molecule has 0 aromatic rings. The number of rotatable bonds is 3. The van der Waals surface area contributed by atoms with E-state index in [0.29, 0.717) is 19.0 Å². The molecule has 5 nitrogen and oxygen atoms in total. The van der Waals surface area contributed by atoms with Crippen molar-refractivity contribution in [3.05, 3.63) is 12.2 Å². The van der Waals surface area contributed by atoms with Gasteiger partial charge in [0.25, 0.3) is 0 Å². The standard InChI is InChI=1S/C15H25NO4/c1-15(2,3)20-14(18)16-10-8-12(9-11-16)6-5-7-13(17)19-4/h5,7,12H,6,8-11H2,1-4H3/b7-5+. The van der Waals surface area contributed by atoms with Gasteiger partial charge in [-0.2, -0.15) is 0 Å². The van der Waals surface area contributed by atoms with Gasteiger partial charge in [0.15, 0.2) is 0 Å². The number of likely N-dealkylation sites (tertiary alicyclic amines) is 1. The van der Waals surface area contributed by atoms with Crippen LogP contribution in [-0.4, -0.2) is 42.8 Å². The smallest absolute Gasteiger partial charge is 0.410 e. The molecule has 1 aliphatic heterocycles. The Morgan fingerprint density at radius 1 is 1.25 bits per heavy atom. The number of esters is 1. The summed E-state index contributed by atoms with van der Waals surface area (Å²) >= 11 is 0. The first-order valence-corrected chi connectivity index (χ1v) is 7.04. The van der Waals surface area contributed by atoms with Crippen molar-refractivity contribution < 1.29 is 19.1 Å². The maximum absolute atomic E-state index is 11.9. The van der Waals surface area contributed by atoms with Crippen LogP contribution < -0.4 is 0 Å². The van der Waals surface area contributed by atoms with Crippen LogP contribution >= 0.6 is 0 Å². The Balaban J connectivity index is 2.31. The van der Waals surface area contributed by atoms with Gasteiger partial charge in [0.2, 0.25) is 0 Å². The summed E-state index contributed by atoms with van der Waals surface area (Å²) in [5, 5.41) is 0.